The summed E-state index contributed by atoms with van der Waals surface area (Å²) in [6, 6.07) is 0. The smallest absolute Gasteiger partial charge is 0.370 e. The van der Waals surface area contributed by atoms with Crippen LogP contribution in [0, 0.1) is 23.2 Å². The molecular formula is C20H36O6. The summed E-state index contributed by atoms with van der Waals surface area (Å²) in [6.07, 6.45) is 6.81. The van der Waals surface area contributed by atoms with Gasteiger partial charge in [0.15, 0.2) is 0 Å². The van der Waals surface area contributed by atoms with Crippen molar-refractivity contribution in [1.82, 2.24) is 0 Å². The summed E-state index contributed by atoms with van der Waals surface area (Å²) in [5.74, 6) is -2.43. The van der Waals surface area contributed by atoms with Gasteiger partial charge in [0.1, 0.15) is 0 Å². The second-order valence-electron chi connectivity index (χ2n) is 8.64. The van der Waals surface area contributed by atoms with Gasteiger partial charge in [-0.1, -0.05) is 60.3 Å². The molecule has 1 saturated heterocycles. The first kappa shape index (κ1) is 22.9. The molecule has 26 heavy (non-hydrogen) atoms. The van der Waals surface area contributed by atoms with E-state index < -0.39 is 17.7 Å². The lowest BCUT2D eigenvalue weighted by Gasteiger charge is -2.29. The van der Waals surface area contributed by atoms with Crippen molar-refractivity contribution in [3.63, 3.8) is 0 Å². The third-order valence-electron chi connectivity index (χ3n) is 5.82. The third kappa shape index (κ3) is 6.54. The predicted molar refractivity (Wildman–Crippen MR) is 98.4 cm³/mol. The monoisotopic (exact) mass is 372 g/mol. The molecule has 1 rings (SSSR count). The fourth-order valence-electron chi connectivity index (χ4n) is 3.97. The first-order valence-corrected chi connectivity index (χ1v) is 9.90. The molecule has 1 fully saturated rings. The van der Waals surface area contributed by atoms with Gasteiger partial charge in [-0.2, -0.15) is 9.78 Å². The Morgan fingerprint density at radius 3 is 1.77 bits per heavy atom. The van der Waals surface area contributed by atoms with E-state index in [-0.39, 0.29) is 11.3 Å². The molecule has 1 heterocycles. The lowest BCUT2D eigenvalue weighted by molar-refractivity contribution is -0.146. The van der Waals surface area contributed by atoms with Gasteiger partial charge in [0.05, 0.1) is 5.92 Å². The summed E-state index contributed by atoms with van der Waals surface area (Å²) in [5, 5.41) is 18.5. The highest BCUT2D eigenvalue weighted by Gasteiger charge is 2.56. The SMILES string of the molecule is CCC(CCCC(C(=O)O)C(C)(C)C)C(CC)CCCC1(C(=O)O)OO1. The highest BCUT2D eigenvalue weighted by Crippen LogP contribution is 2.38. The molecule has 152 valence electrons. The molecule has 2 N–H and O–H groups in total. The first-order chi connectivity index (χ1) is 12.1. The van der Waals surface area contributed by atoms with E-state index >= 15 is 0 Å². The van der Waals surface area contributed by atoms with Gasteiger partial charge in [-0.05, 0) is 36.5 Å². The van der Waals surface area contributed by atoms with Crippen molar-refractivity contribution in [1.29, 1.82) is 0 Å². The van der Waals surface area contributed by atoms with E-state index in [2.05, 4.69) is 23.6 Å². The molecule has 0 aliphatic carbocycles. The molecule has 0 aromatic carbocycles. The van der Waals surface area contributed by atoms with Gasteiger partial charge in [0.2, 0.25) is 0 Å². The average molecular weight is 373 g/mol. The van der Waals surface area contributed by atoms with E-state index in [1.54, 1.807) is 0 Å². The van der Waals surface area contributed by atoms with Crippen molar-refractivity contribution in [2.24, 2.45) is 23.2 Å². The molecule has 0 amide bonds. The highest BCUT2D eigenvalue weighted by atomic mass is 17.4. The summed E-state index contributed by atoms with van der Waals surface area (Å²) in [7, 11) is 0. The minimum Gasteiger partial charge on any atom is -0.481 e. The summed E-state index contributed by atoms with van der Waals surface area (Å²) in [6.45, 7) is 10.3. The number of carbonyl (C=O) groups is 2. The van der Waals surface area contributed by atoms with E-state index in [9.17, 15) is 14.7 Å². The second-order valence-corrected chi connectivity index (χ2v) is 8.64. The van der Waals surface area contributed by atoms with Crippen molar-refractivity contribution in [2.75, 3.05) is 0 Å². The Morgan fingerprint density at radius 2 is 1.42 bits per heavy atom. The molecular weight excluding hydrogens is 336 g/mol. The van der Waals surface area contributed by atoms with Crippen LogP contribution >= 0.6 is 0 Å². The zero-order valence-corrected chi connectivity index (χ0v) is 16.9. The summed E-state index contributed by atoms with van der Waals surface area (Å²) in [5.41, 5.74) is -0.229. The molecule has 0 saturated carbocycles. The number of hydrogen-bond donors (Lipinski definition) is 2. The van der Waals surface area contributed by atoms with Crippen LogP contribution in [-0.4, -0.2) is 27.9 Å². The molecule has 3 atom stereocenters. The summed E-state index contributed by atoms with van der Waals surface area (Å²) >= 11 is 0. The van der Waals surface area contributed by atoms with Crippen LogP contribution in [0.4, 0.5) is 0 Å². The average Bonchev–Trinajstić information content (AvgIpc) is 3.32. The van der Waals surface area contributed by atoms with Crippen LogP contribution in [0.5, 0.6) is 0 Å². The molecule has 1 aliphatic rings. The van der Waals surface area contributed by atoms with Crippen LogP contribution < -0.4 is 0 Å². The van der Waals surface area contributed by atoms with Gasteiger partial charge in [-0.3, -0.25) is 4.79 Å². The van der Waals surface area contributed by atoms with Crippen molar-refractivity contribution in [3.05, 3.63) is 0 Å². The van der Waals surface area contributed by atoms with E-state index in [1.807, 2.05) is 20.8 Å². The van der Waals surface area contributed by atoms with Gasteiger partial charge in [0, 0.05) is 6.42 Å². The molecule has 0 aromatic rings. The number of carboxylic acid groups (broad SMARTS) is 2. The maximum Gasteiger partial charge on any atom is 0.370 e. The second kappa shape index (κ2) is 9.70. The van der Waals surface area contributed by atoms with Gasteiger partial charge in [0.25, 0.3) is 0 Å². The van der Waals surface area contributed by atoms with Crippen LogP contribution in [0.25, 0.3) is 0 Å². The first-order valence-electron chi connectivity index (χ1n) is 9.90. The van der Waals surface area contributed by atoms with E-state index in [0.717, 1.165) is 38.5 Å². The number of carboxylic acids is 2. The Morgan fingerprint density at radius 1 is 0.923 bits per heavy atom. The lowest BCUT2D eigenvalue weighted by Crippen LogP contribution is -2.28. The minimum atomic E-state index is -1.40. The van der Waals surface area contributed by atoms with E-state index in [0.29, 0.717) is 24.7 Å². The quantitative estimate of drug-likeness (QED) is 0.353. The molecule has 0 aromatic heterocycles. The summed E-state index contributed by atoms with van der Waals surface area (Å²) in [4.78, 5) is 31.9. The fourth-order valence-corrected chi connectivity index (χ4v) is 3.97. The fraction of sp³-hybridized carbons (Fsp3) is 0.900. The minimum absolute atomic E-state index is 0.229. The highest BCUT2D eigenvalue weighted by molar-refractivity contribution is 5.76. The van der Waals surface area contributed by atoms with Crippen LogP contribution in [0.3, 0.4) is 0 Å². The van der Waals surface area contributed by atoms with E-state index in [4.69, 9.17) is 5.11 Å². The summed E-state index contributed by atoms with van der Waals surface area (Å²) < 4.78 is 0. The van der Waals surface area contributed by atoms with Crippen molar-refractivity contribution in [2.45, 2.75) is 91.8 Å². The predicted octanol–water partition coefficient (Wildman–Crippen LogP) is 4.87. The molecule has 0 radical (unpaired) electrons. The molecule has 6 nitrogen and oxygen atoms in total. The van der Waals surface area contributed by atoms with Crippen molar-refractivity contribution in [3.8, 4) is 0 Å². The van der Waals surface area contributed by atoms with Crippen LogP contribution in [-0.2, 0) is 19.4 Å². The topological polar surface area (TPSA) is 99.7 Å². The normalized spacial score (nSPS) is 19.6. The van der Waals surface area contributed by atoms with Crippen molar-refractivity contribution < 1.29 is 29.6 Å². The molecule has 0 spiro atoms. The maximum atomic E-state index is 11.5. The third-order valence-corrected chi connectivity index (χ3v) is 5.82. The number of rotatable bonds is 13. The molecule has 0 bridgehead atoms. The number of aliphatic carboxylic acids is 2. The van der Waals surface area contributed by atoms with Gasteiger partial charge >= 0.3 is 17.7 Å². The Labute approximate surface area is 157 Å². The van der Waals surface area contributed by atoms with Gasteiger partial charge < -0.3 is 10.2 Å². The number of hydrogen-bond acceptors (Lipinski definition) is 4. The Kier molecular flexibility index (Phi) is 8.54. The largest absolute Gasteiger partial charge is 0.481 e. The Balaban J connectivity index is 2.46. The molecule has 3 unspecified atom stereocenters. The standard InChI is InChI=1S/C20H36O6/c1-6-14(10-8-12-16(17(21)22)19(3,4)5)15(7-2)11-9-13-20(18(23)24)25-26-20/h14-16H,6-13H2,1-5H3,(H,21,22)(H,23,24). The zero-order valence-electron chi connectivity index (χ0n) is 16.9. The van der Waals surface area contributed by atoms with Crippen LogP contribution in [0.15, 0.2) is 0 Å². The van der Waals surface area contributed by atoms with Gasteiger partial charge in [-0.25, -0.2) is 4.79 Å². The zero-order chi connectivity index (χ0) is 20.0. The van der Waals surface area contributed by atoms with E-state index in [1.165, 1.54) is 0 Å². The van der Waals surface area contributed by atoms with Crippen LogP contribution in [0.1, 0.15) is 86.0 Å². The van der Waals surface area contributed by atoms with Crippen LogP contribution in [0.2, 0.25) is 0 Å². The van der Waals surface area contributed by atoms with Gasteiger partial charge in [-0.15, -0.1) is 0 Å². The maximum absolute atomic E-state index is 11.5. The Hall–Kier alpha value is -1.14. The molecule has 1 aliphatic heterocycles. The Bertz CT molecular complexity index is 463. The molecule has 6 heteroatoms. The van der Waals surface area contributed by atoms with Crippen molar-refractivity contribution >= 4 is 11.9 Å². The lowest BCUT2D eigenvalue weighted by atomic mass is 9.76.